The van der Waals surface area contributed by atoms with E-state index in [4.69, 9.17) is 0 Å². The Morgan fingerprint density at radius 2 is 1.45 bits per heavy atom. The van der Waals surface area contributed by atoms with Crippen LogP contribution in [0.2, 0.25) is 0 Å². The van der Waals surface area contributed by atoms with Crippen LogP contribution in [0.1, 0.15) is 26.7 Å². The third-order valence-electron chi connectivity index (χ3n) is 3.80. The molecule has 120 valence electrons. The van der Waals surface area contributed by atoms with E-state index in [0.717, 1.165) is 10.5 Å². The topological polar surface area (TPSA) is 78.0 Å². The van der Waals surface area contributed by atoms with Crippen molar-refractivity contribution < 1.29 is 19.2 Å². The smallest absolute Gasteiger partial charge is 0.246 e. The molecule has 0 radical (unpaired) electrons. The molecule has 7 heteroatoms. The van der Waals surface area contributed by atoms with E-state index >= 15 is 0 Å². The average Bonchev–Trinajstić information content (AvgIpc) is 2.78. The Morgan fingerprint density at radius 3 is 1.95 bits per heavy atom. The number of piperazine rings is 1. The molecule has 2 aliphatic heterocycles. The molecule has 0 aromatic heterocycles. The first kappa shape index (κ1) is 16.2. The Morgan fingerprint density at radius 1 is 0.955 bits per heavy atom. The highest BCUT2D eigenvalue weighted by Crippen LogP contribution is 2.12. The fourth-order valence-electron chi connectivity index (χ4n) is 2.55. The van der Waals surface area contributed by atoms with Crippen molar-refractivity contribution in [2.24, 2.45) is 0 Å². The van der Waals surface area contributed by atoms with Crippen LogP contribution in [0.4, 0.5) is 0 Å². The van der Waals surface area contributed by atoms with Gasteiger partial charge in [0.2, 0.25) is 23.6 Å². The number of carbonyl (C=O) groups is 4. The normalized spacial score (nSPS) is 18.7. The number of nitrogens with zero attached hydrogens (tertiary/aromatic N) is 3. The van der Waals surface area contributed by atoms with E-state index in [2.05, 4.69) is 0 Å². The van der Waals surface area contributed by atoms with Gasteiger partial charge in [-0.05, 0) is 13.8 Å². The summed E-state index contributed by atoms with van der Waals surface area (Å²) in [7, 11) is 0. The standard InChI is InChI=1S/C15H21N3O4/c1-11(2)9-14(21)16-5-7-17(8-6-16)15(22)10-18-12(19)3-4-13(18)20/h9H,3-8,10H2,1-2H3. The third kappa shape index (κ3) is 3.72. The van der Waals surface area contributed by atoms with E-state index in [-0.39, 0.29) is 43.0 Å². The van der Waals surface area contributed by atoms with Gasteiger partial charge in [0.25, 0.3) is 0 Å². The summed E-state index contributed by atoms with van der Waals surface area (Å²) in [5.74, 6) is -0.846. The zero-order valence-corrected chi connectivity index (χ0v) is 13.0. The molecule has 0 unspecified atom stereocenters. The molecule has 2 saturated heterocycles. The molecule has 2 rings (SSSR count). The number of imide groups is 1. The van der Waals surface area contributed by atoms with Crippen LogP contribution < -0.4 is 0 Å². The number of likely N-dealkylation sites (tertiary alicyclic amines) is 1. The molecule has 4 amide bonds. The molecule has 0 bridgehead atoms. The first-order valence-electron chi connectivity index (χ1n) is 7.43. The maximum atomic E-state index is 12.2. The Bertz CT molecular complexity index is 513. The van der Waals surface area contributed by atoms with Crippen molar-refractivity contribution in [3.63, 3.8) is 0 Å². The van der Waals surface area contributed by atoms with Gasteiger partial charge in [0, 0.05) is 45.1 Å². The van der Waals surface area contributed by atoms with Gasteiger partial charge < -0.3 is 9.80 Å². The second-order valence-corrected chi connectivity index (χ2v) is 5.80. The summed E-state index contributed by atoms with van der Waals surface area (Å²) in [5, 5.41) is 0. The molecule has 0 N–H and O–H groups in total. The van der Waals surface area contributed by atoms with Gasteiger partial charge in [0.15, 0.2) is 0 Å². The summed E-state index contributed by atoms with van der Waals surface area (Å²) in [5.41, 5.74) is 0.939. The summed E-state index contributed by atoms with van der Waals surface area (Å²) in [6, 6.07) is 0. The van der Waals surface area contributed by atoms with E-state index in [9.17, 15) is 19.2 Å². The summed E-state index contributed by atoms with van der Waals surface area (Å²) < 4.78 is 0. The zero-order chi connectivity index (χ0) is 16.3. The molecule has 0 spiro atoms. The highest BCUT2D eigenvalue weighted by atomic mass is 16.2. The molecule has 0 saturated carbocycles. The summed E-state index contributed by atoms with van der Waals surface area (Å²) in [6.07, 6.45) is 1.97. The predicted octanol–water partition coefficient (Wildman–Crippen LogP) is -0.228. The quantitative estimate of drug-likeness (QED) is 0.533. The van der Waals surface area contributed by atoms with Crippen molar-refractivity contribution >= 4 is 23.6 Å². The fraction of sp³-hybridized carbons (Fsp3) is 0.600. The number of hydrogen-bond acceptors (Lipinski definition) is 4. The number of rotatable bonds is 3. The molecule has 2 aliphatic rings. The third-order valence-corrected chi connectivity index (χ3v) is 3.80. The Kier molecular flexibility index (Phi) is 4.95. The summed E-state index contributed by atoms with van der Waals surface area (Å²) in [6.45, 7) is 5.34. The Labute approximate surface area is 129 Å². The van der Waals surface area contributed by atoms with Crippen LogP contribution in [0.15, 0.2) is 11.6 Å². The molecule has 0 atom stereocenters. The molecule has 2 fully saturated rings. The minimum absolute atomic E-state index is 0.0444. The van der Waals surface area contributed by atoms with Crippen LogP contribution in [0, 0.1) is 0 Å². The lowest BCUT2D eigenvalue weighted by atomic mass is 10.2. The number of amides is 4. The van der Waals surface area contributed by atoms with Gasteiger partial charge in [-0.2, -0.15) is 0 Å². The lowest BCUT2D eigenvalue weighted by Crippen LogP contribution is -2.52. The highest BCUT2D eigenvalue weighted by Gasteiger charge is 2.32. The first-order chi connectivity index (χ1) is 10.4. The number of carbonyl (C=O) groups excluding carboxylic acids is 4. The van der Waals surface area contributed by atoms with Crippen LogP contribution in [-0.2, 0) is 19.2 Å². The number of allylic oxidation sites excluding steroid dienone is 1. The average molecular weight is 307 g/mol. The maximum absolute atomic E-state index is 12.2. The fourth-order valence-corrected chi connectivity index (χ4v) is 2.55. The first-order valence-corrected chi connectivity index (χ1v) is 7.43. The van der Waals surface area contributed by atoms with E-state index in [1.165, 1.54) is 0 Å². The minimum atomic E-state index is -0.282. The van der Waals surface area contributed by atoms with E-state index in [1.54, 1.807) is 15.9 Å². The highest BCUT2D eigenvalue weighted by molar-refractivity contribution is 6.04. The largest absolute Gasteiger partial charge is 0.338 e. The molecular formula is C15H21N3O4. The molecule has 7 nitrogen and oxygen atoms in total. The number of hydrogen-bond donors (Lipinski definition) is 0. The van der Waals surface area contributed by atoms with Gasteiger partial charge in [-0.15, -0.1) is 0 Å². The monoisotopic (exact) mass is 307 g/mol. The predicted molar refractivity (Wildman–Crippen MR) is 78.5 cm³/mol. The lowest BCUT2D eigenvalue weighted by Gasteiger charge is -2.35. The van der Waals surface area contributed by atoms with Gasteiger partial charge in [0.05, 0.1) is 0 Å². The van der Waals surface area contributed by atoms with Gasteiger partial charge >= 0.3 is 0 Å². The van der Waals surface area contributed by atoms with Crippen molar-refractivity contribution in [2.45, 2.75) is 26.7 Å². The summed E-state index contributed by atoms with van der Waals surface area (Å²) >= 11 is 0. The second-order valence-electron chi connectivity index (χ2n) is 5.80. The second kappa shape index (κ2) is 6.72. The van der Waals surface area contributed by atoms with Gasteiger partial charge in [-0.25, -0.2) is 0 Å². The van der Waals surface area contributed by atoms with Crippen LogP contribution in [-0.4, -0.2) is 71.1 Å². The van der Waals surface area contributed by atoms with Crippen molar-refractivity contribution in [1.29, 1.82) is 0 Å². The van der Waals surface area contributed by atoms with Crippen molar-refractivity contribution in [3.05, 3.63) is 11.6 Å². The van der Waals surface area contributed by atoms with E-state index in [1.807, 2.05) is 13.8 Å². The van der Waals surface area contributed by atoms with Crippen molar-refractivity contribution in [1.82, 2.24) is 14.7 Å². The molecule has 22 heavy (non-hydrogen) atoms. The Balaban J connectivity index is 1.85. The lowest BCUT2D eigenvalue weighted by molar-refractivity contribution is -0.146. The van der Waals surface area contributed by atoms with Gasteiger partial charge in [-0.1, -0.05) is 5.57 Å². The van der Waals surface area contributed by atoms with E-state index < -0.39 is 0 Å². The van der Waals surface area contributed by atoms with Crippen LogP contribution in [0.3, 0.4) is 0 Å². The molecule has 0 aliphatic carbocycles. The Hall–Kier alpha value is -2.18. The zero-order valence-electron chi connectivity index (χ0n) is 13.0. The molecule has 0 aromatic carbocycles. The van der Waals surface area contributed by atoms with Gasteiger partial charge in [0.1, 0.15) is 6.54 Å². The summed E-state index contributed by atoms with van der Waals surface area (Å²) in [4.78, 5) is 51.4. The van der Waals surface area contributed by atoms with Gasteiger partial charge in [-0.3, -0.25) is 24.1 Å². The van der Waals surface area contributed by atoms with Crippen LogP contribution in [0.5, 0.6) is 0 Å². The molecule has 0 aromatic rings. The maximum Gasteiger partial charge on any atom is 0.246 e. The SMILES string of the molecule is CC(C)=CC(=O)N1CCN(C(=O)CN2C(=O)CCC2=O)CC1. The van der Waals surface area contributed by atoms with Crippen molar-refractivity contribution in [3.8, 4) is 0 Å². The van der Waals surface area contributed by atoms with Crippen LogP contribution in [0.25, 0.3) is 0 Å². The molecule has 2 heterocycles. The minimum Gasteiger partial charge on any atom is -0.338 e. The van der Waals surface area contributed by atoms with E-state index in [0.29, 0.717) is 26.2 Å². The molecular weight excluding hydrogens is 286 g/mol. The van der Waals surface area contributed by atoms with Crippen LogP contribution >= 0.6 is 0 Å². The van der Waals surface area contributed by atoms with Crippen molar-refractivity contribution in [2.75, 3.05) is 32.7 Å².